The molecule has 1 aliphatic rings. The number of ether oxygens (including phenoxy) is 1. The van der Waals surface area contributed by atoms with Crippen molar-refractivity contribution in [1.82, 2.24) is 5.32 Å². The molecule has 6 heteroatoms. The first kappa shape index (κ1) is 16.5. The van der Waals surface area contributed by atoms with Gasteiger partial charge in [0.25, 0.3) is 0 Å². The second kappa shape index (κ2) is 7.99. The summed E-state index contributed by atoms with van der Waals surface area (Å²) in [5, 5.41) is 12.9. The molecule has 1 aromatic heterocycles. The third-order valence-electron chi connectivity index (χ3n) is 4.06. The highest BCUT2D eigenvalue weighted by Gasteiger charge is 2.14. The molecule has 1 unspecified atom stereocenters. The molecule has 2 N–H and O–H groups in total. The molecule has 0 saturated carbocycles. The van der Waals surface area contributed by atoms with E-state index in [1.54, 1.807) is 12.1 Å². The molecule has 2 aromatic rings. The average Bonchev–Trinajstić information content (AvgIpc) is 3.13. The molecule has 0 bridgehead atoms. The lowest BCUT2D eigenvalue weighted by atomic mass is 10.1. The second-order valence-corrected chi connectivity index (χ2v) is 5.77. The van der Waals surface area contributed by atoms with Gasteiger partial charge in [0.15, 0.2) is 0 Å². The first-order chi connectivity index (χ1) is 11.7. The highest BCUT2D eigenvalue weighted by molar-refractivity contribution is 5.77. The van der Waals surface area contributed by atoms with Crippen LogP contribution in [0, 0.1) is 0 Å². The zero-order valence-electron chi connectivity index (χ0n) is 13.5. The van der Waals surface area contributed by atoms with Gasteiger partial charge in [-0.2, -0.15) is 0 Å². The number of anilines is 1. The van der Waals surface area contributed by atoms with Crippen molar-refractivity contribution in [3.05, 3.63) is 54.0 Å². The maximum Gasteiger partial charge on any atom is 0.227 e. The highest BCUT2D eigenvalue weighted by atomic mass is 16.5. The fourth-order valence-corrected chi connectivity index (χ4v) is 2.69. The Balaban J connectivity index is 1.49. The van der Waals surface area contributed by atoms with E-state index in [4.69, 9.17) is 9.15 Å². The van der Waals surface area contributed by atoms with Crippen molar-refractivity contribution in [2.24, 2.45) is 0 Å². The number of carbonyl (C=O) groups excluding carboxylic acids is 1. The minimum atomic E-state index is -0.732. The van der Waals surface area contributed by atoms with Gasteiger partial charge in [0, 0.05) is 25.3 Å². The third-order valence-corrected chi connectivity index (χ3v) is 4.06. The van der Waals surface area contributed by atoms with Crippen LogP contribution in [0.2, 0.25) is 0 Å². The van der Waals surface area contributed by atoms with Gasteiger partial charge >= 0.3 is 0 Å². The molecule has 1 fully saturated rings. The predicted molar refractivity (Wildman–Crippen MR) is 89.9 cm³/mol. The molecule has 24 heavy (non-hydrogen) atoms. The number of amides is 1. The Labute approximate surface area is 141 Å². The fourth-order valence-electron chi connectivity index (χ4n) is 2.69. The van der Waals surface area contributed by atoms with Gasteiger partial charge in [0.05, 0.1) is 32.0 Å². The zero-order chi connectivity index (χ0) is 16.8. The van der Waals surface area contributed by atoms with E-state index in [0.717, 1.165) is 37.6 Å². The number of benzene rings is 1. The summed E-state index contributed by atoms with van der Waals surface area (Å²) in [5.74, 6) is 0.436. The number of hydrogen-bond acceptors (Lipinski definition) is 5. The standard InChI is InChI=1S/C18H22N2O4/c21-17(13-19-18(22)12-16-2-1-9-24-16)14-3-5-15(6-4-14)20-7-10-23-11-8-20/h1-6,9,17,21H,7-8,10-13H2,(H,19,22). The van der Waals surface area contributed by atoms with Crippen molar-refractivity contribution in [2.75, 3.05) is 37.7 Å². The third kappa shape index (κ3) is 4.37. The number of nitrogens with one attached hydrogen (secondary N) is 1. The Kier molecular flexibility index (Phi) is 5.51. The van der Waals surface area contributed by atoms with Crippen LogP contribution in [-0.2, 0) is 16.0 Å². The average molecular weight is 330 g/mol. The van der Waals surface area contributed by atoms with Gasteiger partial charge in [-0.05, 0) is 29.8 Å². The molecule has 0 spiro atoms. The van der Waals surface area contributed by atoms with Crippen molar-refractivity contribution in [2.45, 2.75) is 12.5 Å². The molecule has 6 nitrogen and oxygen atoms in total. The SMILES string of the molecule is O=C(Cc1ccco1)NCC(O)c1ccc(N2CCOCC2)cc1. The van der Waals surface area contributed by atoms with Crippen LogP contribution >= 0.6 is 0 Å². The Bertz CT molecular complexity index is 634. The molecule has 0 aliphatic carbocycles. The van der Waals surface area contributed by atoms with Crippen LogP contribution in [-0.4, -0.2) is 43.9 Å². The largest absolute Gasteiger partial charge is 0.469 e. The van der Waals surface area contributed by atoms with Crippen molar-refractivity contribution >= 4 is 11.6 Å². The van der Waals surface area contributed by atoms with Gasteiger partial charge in [0.1, 0.15) is 5.76 Å². The van der Waals surface area contributed by atoms with E-state index < -0.39 is 6.10 Å². The van der Waals surface area contributed by atoms with E-state index in [1.807, 2.05) is 24.3 Å². The normalized spacial score (nSPS) is 16.0. The zero-order valence-corrected chi connectivity index (χ0v) is 13.5. The number of morpholine rings is 1. The molecular weight excluding hydrogens is 308 g/mol. The second-order valence-electron chi connectivity index (χ2n) is 5.77. The topological polar surface area (TPSA) is 74.9 Å². The van der Waals surface area contributed by atoms with E-state index in [2.05, 4.69) is 10.2 Å². The number of aliphatic hydroxyl groups is 1. The van der Waals surface area contributed by atoms with E-state index in [0.29, 0.717) is 5.76 Å². The van der Waals surface area contributed by atoms with E-state index >= 15 is 0 Å². The summed E-state index contributed by atoms with van der Waals surface area (Å²) in [6.07, 6.45) is 0.979. The summed E-state index contributed by atoms with van der Waals surface area (Å²) >= 11 is 0. The van der Waals surface area contributed by atoms with E-state index in [9.17, 15) is 9.90 Å². The Morgan fingerprint density at radius 1 is 1.21 bits per heavy atom. The molecule has 2 heterocycles. The van der Waals surface area contributed by atoms with Gasteiger partial charge in [-0.1, -0.05) is 12.1 Å². The first-order valence-electron chi connectivity index (χ1n) is 8.12. The van der Waals surface area contributed by atoms with Gasteiger partial charge < -0.3 is 24.5 Å². The van der Waals surface area contributed by atoms with Crippen LogP contribution in [0.25, 0.3) is 0 Å². The smallest absolute Gasteiger partial charge is 0.227 e. The lowest BCUT2D eigenvalue weighted by Crippen LogP contribution is -2.36. The van der Waals surface area contributed by atoms with E-state index in [1.165, 1.54) is 6.26 Å². The summed E-state index contributed by atoms with van der Waals surface area (Å²) < 4.78 is 10.5. The number of hydrogen-bond donors (Lipinski definition) is 2. The van der Waals surface area contributed by atoms with Crippen molar-refractivity contribution in [3.8, 4) is 0 Å². The number of carbonyl (C=O) groups is 1. The minimum Gasteiger partial charge on any atom is -0.469 e. The quantitative estimate of drug-likeness (QED) is 0.840. The van der Waals surface area contributed by atoms with E-state index in [-0.39, 0.29) is 18.9 Å². The van der Waals surface area contributed by atoms with Crippen LogP contribution in [0.3, 0.4) is 0 Å². The minimum absolute atomic E-state index is 0.172. The lowest BCUT2D eigenvalue weighted by molar-refractivity contribution is -0.121. The molecular formula is C18H22N2O4. The number of nitrogens with zero attached hydrogens (tertiary/aromatic N) is 1. The predicted octanol–water partition coefficient (Wildman–Crippen LogP) is 1.51. The molecule has 1 aliphatic heterocycles. The molecule has 1 aromatic carbocycles. The number of furan rings is 1. The van der Waals surface area contributed by atoms with Gasteiger partial charge in [0.2, 0.25) is 5.91 Å². The van der Waals surface area contributed by atoms with Crippen LogP contribution < -0.4 is 10.2 Å². The highest BCUT2D eigenvalue weighted by Crippen LogP contribution is 2.20. The Hall–Kier alpha value is -2.31. The summed E-state index contributed by atoms with van der Waals surface area (Å²) in [7, 11) is 0. The summed E-state index contributed by atoms with van der Waals surface area (Å²) in [6.45, 7) is 3.42. The molecule has 1 amide bonds. The molecule has 1 saturated heterocycles. The van der Waals surface area contributed by atoms with Crippen molar-refractivity contribution in [1.29, 1.82) is 0 Å². The summed E-state index contributed by atoms with van der Waals surface area (Å²) in [6, 6.07) is 11.3. The van der Waals surface area contributed by atoms with Gasteiger partial charge in [-0.25, -0.2) is 0 Å². The molecule has 3 rings (SSSR count). The van der Waals surface area contributed by atoms with Crippen LogP contribution in [0.5, 0.6) is 0 Å². The molecule has 128 valence electrons. The van der Waals surface area contributed by atoms with Crippen LogP contribution in [0.1, 0.15) is 17.4 Å². The summed E-state index contributed by atoms with van der Waals surface area (Å²) in [4.78, 5) is 14.1. The summed E-state index contributed by atoms with van der Waals surface area (Å²) in [5.41, 5.74) is 1.90. The fraction of sp³-hybridized carbons (Fsp3) is 0.389. The Morgan fingerprint density at radius 3 is 2.62 bits per heavy atom. The van der Waals surface area contributed by atoms with Gasteiger partial charge in [-0.3, -0.25) is 4.79 Å². The van der Waals surface area contributed by atoms with Gasteiger partial charge in [-0.15, -0.1) is 0 Å². The first-order valence-corrected chi connectivity index (χ1v) is 8.12. The lowest BCUT2D eigenvalue weighted by Gasteiger charge is -2.29. The Morgan fingerprint density at radius 2 is 1.96 bits per heavy atom. The van der Waals surface area contributed by atoms with Crippen molar-refractivity contribution in [3.63, 3.8) is 0 Å². The maximum absolute atomic E-state index is 11.8. The van der Waals surface area contributed by atoms with Crippen LogP contribution in [0.15, 0.2) is 47.1 Å². The number of aliphatic hydroxyl groups excluding tert-OH is 1. The van der Waals surface area contributed by atoms with Crippen molar-refractivity contribution < 1.29 is 19.1 Å². The molecule has 1 atom stereocenters. The van der Waals surface area contributed by atoms with Crippen LogP contribution in [0.4, 0.5) is 5.69 Å². The maximum atomic E-state index is 11.8. The monoisotopic (exact) mass is 330 g/mol. The number of rotatable bonds is 6. The molecule has 0 radical (unpaired) electrons.